The second kappa shape index (κ2) is 6.91. The van der Waals surface area contributed by atoms with Crippen LogP contribution in [0.15, 0.2) is 38.4 Å². The quantitative estimate of drug-likeness (QED) is 0.397. The number of hydrogen-bond acceptors (Lipinski definition) is 7. The minimum Gasteiger partial charge on any atom is -0.494 e. The number of methoxy groups -OCH3 is 1. The topological polar surface area (TPSA) is 148 Å². The van der Waals surface area contributed by atoms with Crippen molar-refractivity contribution in [1.82, 2.24) is 9.97 Å². The molecule has 0 fully saturated rings. The summed E-state index contributed by atoms with van der Waals surface area (Å²) in [7, 11) is 1.14. The van der Waals surface area contributed by atoms with Gasteiger partial charge in [-0.3, -0.25) is 14.8 Å². The summed E-state index contributed by atoms with van der Waals surface area (Å²) in [6.07, 6.45) is 0. The Labute approximate surface area is 165 Å². The molecule has 1 aromatic carbocycles. The minimum absolute atomic E-state index is 0.0230. The van der Waals surface area contributed by atoms with E-state index in [1.54, 1.807) is 18.2 Å². The van der Waals surface area contributed by atoms with Crippen LogP contribution in [-0.2, 0) is 14.9 Å². The van der Waals surface area contributed by atoms with Crippen molar-refractivity contribution in [2.75, 3.05) is 7.11 Å². The van der Waals surface area contributed by atoms with Gasteiger partial charge in [0, 0.05) is 11.1 Å². The molecule has 1 aliphatic rings. The predicted molar refractivity (Wildman–Crippen MR) is 105 cm³/mol. The highest BCUT2D eigenvalue weighted by molar-refractivity contribution is 6.23. The first kappa shape index (κ1) is 19.8. The van der Waals surface area contributed by atoms with E-state index in [4.69, 9.17) is 0 Å². The lowest BCUT2D eigenvalue weighted by atomic mass is 9.84. The molecule has 1 aromatic heterocycles. The van der Waals surface area contributed by atoms with Gasteiger partial charge >= 0.3 is 11.7 Å². The number of carbonyl (C=O) groups excluding carboxylic acids is 1. The van der Waals surface area contributed by atoms with Gasteiger partial charge in [0.25, 0.3) is 5.56 Å². The predicted octanol–water partition coefficient (Wildman–Crippen LogP) is 1.32. The molecule has 2 aromatic rings. The first-order valence-electron chi connectivity index (χ1n) is 8.61. The van der Waals surface area contributed by atoms with Crippen LogP contribution in [0, 0.1) is 11.3 Å². The summed E-state index contributed by atoms with van der Waals surface area (Å²) in [5.41, 5.74) is -0.744. The summed E-state index contributed by atoms with van der Waals surface area (Å²) in [5.74, 6) is -1.54. The number of nitriles is 1. The summed E-state index contributed by atoms with van der Waals surface area (Å²) < 4.78 is 4.66. The highest BCUT2D eigenvalue weighted by Crippen LogP contribution is 2.37. The largest absolute Gasteiger partial charge is 0.494 e. The second-order valence-electron chi connectivity index (χ2n) is 7.43. The lowest BCUT2D eigenvalue weighted by Gasteiger charge is -2.20. The monoisotopic (exact) mass is 394 g/mol. The molecule has 0 saturated heterocycles. The van der Waals surface area contributed by atoms with Crippen LogP contribution in [0.5, 0.6) is 5.88 Å². The molecule has 0 amide bonds. The Morgan fingerprint density at radius 3 is 2.45 bits per heavy atom. The van der Waals surface area contributed by atoms with E-state index >= 15 is 0 Å². The number of aromatic hydroxyl groups is 1. The fourth-order valence-corrected chi connectivity index (χ4v) is 3.02. The number of esters is 1. The smallest absolute Gasteiger partial charge is 0.350 e. The van der Waals surface area contributed by atoms with Crippen molar-refractivity contribution in [3.05, 3.63) is 66.9 Å². The number of hydrogen-bond donors (Lipinski definition) is 3. The van der Waals surface area contributed by atoms with Gasteiger partial charge in [0.2, 0.25) is 5.88 Å². The molecular weight excluding hydrogens is 376 g/mol. The highest BCUT2D eigenvalue weighted by atomic mass is 16.5. The average Bonchev–Trinajstić information content (AvgIpc) is 2.99. The third-order valence-corrected chi connectivity index (χ3v) is 4.52. The van der Waals surface area contributed by atoms with E-state index in [1.807, 2.05) is 31.8 Å². The van der Waals surface area contributed by atoms with Gasteiger partial charge in [-0.15, -0.1) is 0 Å². The molecule has 0 bridgehead atoms. The van der Waals surface area contributed by atoms with Gasteiger partial charge in [0.1, 0.15) is 11.6 Å². The zero-order valence-corrected chi connectivity index (χ0v) is 16.2. The van der Waals surface area contributed by atoms with Gasteiger partial charge < -0.3 is 9.84 Å². The van der Waals surface area contributed by atoms with Crippen LogP contribution in [0.2, 0.25) is 0 Å². The number of carbonyl (C=O) groups is 1. The zero-order chi connectivity index (χ0) is 21.5. The maximum Gasteiger partial charge on any atom is 0.350 e. The first-order valence-corrected chi connectivity index (χ1v) is 8.61. The molecule has 0 unspecified atom stereocenters. The number of aromatic nitrogens is 2. The van der Waals surface area contributed by atoms with E-state index in [-0.39, 0.29) is 28.0 Å². The summed E-state index contributed by atoms with van der Waals surface area (Å²) >= 11 is 0. The zero-order valence-electron chi connectivity index (χ0n) is 16.2. The van der Waals surface area contributed by atoms with Crippen LogP contribution in [0.3, 0.4) is 0 Å². The summed E-state index contributed by atoms with van der Waals surface area (Å²) in [4.78, 5) is 44.3. The van der Waals surface area contributed by atoms with E-state index < -0.39 is 23.1 Å². The number of aromatic amines is 2. The average molecular weight is 394 g/mol. The van der Waals surface area contributed by atoms with Gasteiger partial charge in [0.05, 0.1) is 18.5 Å². The number of rotatable bonds is 2. The molecule has 0 aliphatic carbocycles. The highest BCUT2D eigenvalue weighted by Gasteiger charge is 2.31. The minimum atomic E-state index is -0.877. The van der Waals surface area contributed by atoms with Crippen molar-refractivity contribution in [1.29, 1.82) is 5.26 Å². The number of fused-ring (bicyclic) bond motifs is 1. The van der Waals surface area contributed by atoms with Crippen LogP contribution < -0.4 is 11.2 Å². The Hall–Kier alpha value is -3.93. The molecule has 3 rings (SSSR count). The number of nitrogens with zero attached hydrogens (tertiary/aromatic N) is 2. The van der Waals surface area contributed by atoms with Crippen LogP contribution in [0.25, 0.3) is 5.70 Å². The molecular formula is C20H18N4O5. The standard InChI is InChI=1S/C20H18N4O5/c1-20(2,3)9-5-6-10-11(7-9)15(13-16(25)23-19(28)24-17(13)26)22-14(10)12(8-21)18(27)29-4/h5-7H,1-4H3,(H3,23,24,25,26,28)/b14-12-. The molecule has 148 valence electrons. The maximum atomic E-state index is 12.4. The lowest BCUT2D eigenvalue weighted by Crippen LogP contribution is -2.28. The van der Waals surface area contributed by atoms with Crippen molar-refractivity contribution in [3.63, 3.8) is 0 Å². The Kier molecular flexibility index (Phi) is 4.72. The van der Waals surface area contributed by atoms with E-state index in [0.717, 1.165) is 12.7 Å². The third-order valence-electron chi connectivity index (χ3n) is 4.52. The van der Waals surface area contributed by atoms with Crippen LogP contribution in [-0.4, -0.2) is 33.9 Å². The van der Waals surface area contributed by atoms with Gasteiger partial charge in [-0.25, -0.2) is 14.6 Å². The van der Waals surface area contributed by atoms with Gasteiger partial charge in [-0.2, -0.15) is 5.26 Å². The third kappa shape index (κ3) is 3.36. The molecule has 0 atom stereocenters. The second-order valence-corrected chi connectivity index (χ2v) is 7.43. The molecule has 0 radical (unpaired) electrons. The maximum absolute atomic E-state index is 12.4. The fourth-order valence-electron chi connectivity index (χ4n) is 3.02. The molecule has 9 nitrogen and oxygen atoms in total. The van der Waals surface area contributed by atoms with Crippen molar-refractivity contribution in [2.24, 2.45) is 4.99 Å². The Morgan fingerprint density at radius 1 is 1.21 bits per heavy atom. The van der Waals surface area contributed by atoms with E-state index in [2.05, 4.69) is 14.7 Å². The normalized spacial score (nSPS) is 14.7. The van der Waals surface area contributed by atoms with Crippen molar-refractivity contribution < 1.29 is 14.6 Å². The van der Waals surface area contributed by atoms with E-state index in [9.17, 15) is 24.8 Å². The molecule has 0 spiro atoms. The molecule has 2 heterocycles. The van der Waals surface area contributed by atoms with Crippen molar-refractivity contribution in [2.45, 2.75) is 26.2 Å². The lowest BCUT2D eigenvalue weighted by molar-refractivity contribution is -0.135. The number of ether oxygens (including phenoxy) is 1. The van der Waals surface area contributed by atoms with Crippen molar-refractivity contribution in [3.8, 4) is 11.9 Å². The molecule has 3 N–H and O–H groups in total. The SMILES string of the molecule is COC(=O)/C(C#N)=C1\N=C(c2c(O)[nH]c(=O)[nH]c2=O)c2cc(C(C)(C)C)ccc21. The molecule has 0 saturated carbocycles. The van der Waals surface area contributed by atoms with E-state index in [1.165, 1.54) is 0 Å². The molecule has 29 heavy (non-hydrogen) atoms. The Balaban J connectivity index is 2.42. The van der Waals surface area contributed by atoms with E-state index in [0.29, 0.717) is 11.1 Å². The Bertz CT molecular complexity index is 1250. The van der Waals surface area contributed by atoms with Crippen LogP contribution in [0.1, 0.15) is 43.0 Å². The molecule has 9 heteroatoms. The van der Waals surface area contributed by atoms with Crippen LogP contribution >= 0.6 is 0 Å². The summed E-state index contributed by atoms with van der Waals surface area (Å²) in [6.45, 7) is 5.99. The van der Waals surface area contributed by atoms with Gasteiger partial charge in [-0.1, -0.05) is 32.9 Å². The molecule has 1 aliphatic heterocycles. The Morgan fingerprint density at radius 2 is 1.90 bits per heavy atom. The number of H-pyrrole nitrogens is 2. The number of aliphatic imine (C=N–C) groups is 1. The summed E-state index contributed by atoms with van der Waals surface area (Å²) in [5, 5.41) is 19.7. The van der Waals surface area contributed by atoms with Crippen molar-refractivity contribution >= 4 is 17.4 Å². The first-order chi connectivity index (χ1) is 13.6. The van der Waals surface area contributed by atoms with Gasteiger partial charge in [0.15, 0.2) is 5.57 Å². The fraction of sp³-hybridized carbons (Fsp3) is 0.250. The van der Waals surface area contributed by atoms with Gasteiger partial charge in [-0.05, 0) is 17.0 Å². The summed E-state index contributed by atoms with van der Waals surface area (Å²) in [6, 6.07) is 7.09. The van der Waals surface area contributed by atoms with Crippen LogP contribution in [0.4, 0.5) is 0 Å². The number of benzene rings is 1. The number of nitrogens with one attached hydrogen (secondary N) is 2.